The highest BCUT2D eigenvalue weighted by molar-refractivity contribution is 5.77. The summed E-state index contributed by atoms with van der Waals surface area (Å²) in [5.74, 6) is 1.10. The Labute approximate surface area is 145 Å². The molecule has 0 fully saturated rings. The molecule has 0 aliphatic carbocycles. The van der Waals surface area contributed by atoms with E-state index in [1.807, 2.05) is 24.3 Å². The maximum absolute atomic E-state index is 11.9. The predicted molar refractivity (Wildman–Crippen MR) is 98.5 cm³/mol. The molecule has 0 aromatic heterocycles. The van der Waals surface area contributed by atoms with E-state index in [9.17, 15) is 4.79 Å². The van der Waals surface area contributed by atoms with Crippen LogP contribution in [0, 0.1) is 6.92 Å². The largest absolute Gasteiger partial charge is 0.483 e. The Morgan fingerprint density at radius 2 is 1.92 bits per heavy atom. The van der Waals surface area contributed by atoms with E-state index >= 15 is 0 Å². The normalized spacial score (nSPS) is 10.7. The topological polar surface area (TPSA) is 38.3 Å². The lowest BCUT2D eigenvalue weighted by Crippen LogP contribution is -2.30. The molecule has 0 heterocycles. The molecule has 0 bridgehead atoms. The van der Waals surface area contributed by atoms with Crippen LogP contribution in [-0.4, -0.2) is 19.1 Å². The minimum Gasteiger partial charge on any atom is -0.483 e. The summed E-state index contributed by atoms with van der Waals surface area (Å²) >= 11 is 0. The fourth-order valence-electron chi connectivity index (χ4n) is 2.67. The van der Waals surface area contributed by atoms with Crippen molar-refractivity contribution in [3.05, 3.63) is 65.2 Å². The summed E-state index contributed by atoms with van der Waals surface area (Å²) < 4.78 is 5.68. The van der Waals surface area contributed by atoms with Crippen molar-refractivity contribution < 1.29 is 9.53 Å². The second kappa shape index (κ2) is 9.11. The molecule has 0 atom stereocenters. The van der Waals surface area contributed by atoms with Gasteiger partial charge < -0.3 is 10.1 Å². The average Bonchev–Trinajstić information content (AvgIpc) is 2.57. The number of nitrogens with one attached hydrogen (secondary N) is 1. The van der Waals surface area contributed by atoms with Gasteiger partial charge in [-0.15, -0.1) is 0 Å². The smallest absolute Gasteiger partial charge is 0.257 e. The zero-order chi connectivity index (χ0) is 17.4. The van der Waals surface area contributed by atoms with Crippen LogP contribution in [0.25, 0.3) is 0 Å². The van der Waals surface area contributed by atoms with Crippen LogP contribution in [0.5, 0.6) is 5.75 Å². The van der Waals surface area contributed by atoms with E-state index in [4.69, 9.17) is 4.74 Å². The average molecular weight is 325 g/mol. The van der Waals surface area contributed by atoms with E-state index < -0.39 is 0 Å². The third-order valence-corrected chi connectivity index (χ3v) is 3.95. The first-order chi connectivity index (χ1) is 11.6. The highest BCUT2D eigenvalue weighted by Crippen LogP contribution is 2.25. The first-order valence-corrected chi connectivity index (χ1v) is 8.60. The molecule has 3 heteroatoms. The number of carbonyl (C=O) groups excluding carboxylic acids is 1. The van der Waals surface area contributed by atoms with E-state index in [0.717, 1.165) is 24.2 Å². The van der Waals surface area contributed by atoms with Crippen LogP contribution in [0.15, 0.2) is 48.5 Å². The van der Waals surface area contributed by atoms with E-state index in [2.05, 4.69) is 50.4 Å². The standard InChI is InChI=1S/C21H27NO2/c1-16(2)19-11-4-5-12-20(19)24-15-21(23)22-13-7-10-18-9-6-8-17(3)14-18/h4-6,8-9,11-12,14,16H,7,10,13,15H2,1-3H3,(H,22,23). The van der Waals surface area contributed by atoms with Crippen LogP contribution in [0.1, 0.15) is 42.9 Å². The second-order valence-corrected chi connectivity index (χ2v) is 6.42. The lowest BCUT2D eigenvalue weighted by atomic mass is 10.0. The third-order valence-electron chi connectivity index (χ3n) is 3.95. The predicted octanol–water partition coefficient (Wildman–Crippen LogP) is 4.25. The van der Waals surface area contributed by atoms with Gasteiger partial charge in [0.1, 0.15) is 5.75 Å². The number of ether oxygens (including phenoxy) is 1. The monoisotopic (exact) mass is 325 g/mol. The third kappa shape index (κ3) is 5.73. The Morgan fingerprint density at radius 3 is 2.67 bits per heavy atom. The van der Waals surface area contributed by atoms with Gasteiger partial charge in [-0.05, 0) is 42.9 Å². The van der Waals surface area contributed by atoms with Gasteiger partial charge >= 0.3 is 0 Å². The lowest BCUT2D eigenvalue weighted by molar-refractivity contribution is -0.123. The first-order valence-electron chi connectivity index (χ1n) is 8.60. The molecule has 3 nitrogen and oxygen atoms in total. The van der Waals surface area contributed by atoms with E-state index in [-0.39, 0.29) is 12.5 Å². The van der Waals surface area contributed by atoms with Crippen LogP contribution >= 0.6 is 0 Å². The Balaban J connectivity index is 1.70. The molecule has 128 valence electrons. The van der Waals surface area contributed by atoms with Gasteiger partial charge in [-0.2, -0.15) is 0 Å². The van der Waals surface area contributed by atoms with Crippen LogP contribution in [0.2, 0.25) is 0 Å². The first kappa shape index (κ1) is 18.1. The van der Waals surface area contributed by atoms with E-state index in [1.54, 1.807) is 0 Å². The Kier molecular flexibility index (Phi) is 6.86. The van der Waals surface area contributed by atoms with Crippen LogP contribution in [0.3, 0.4) is 0 Å². The van der Waals surface area contributed by atoms with Crippen LogP contribution in [0.4, 0.5) is 0 Å². The highest BCUT2D eigenvalue weighted by atomic mass is 16.5. The minimum atomic E-state index is -0.0715. The molecule has 2 aromatic carbocycles. The van der Waals surface area contributed by atoms with Crippen molar-refractivity contribution in [2.24, 2.45) is 0 Å². The second-order valence-electron chi connectivity index (χ2n) is 6.42. The number of carbonyl (C=O) groups is 1. The summed E-state index contributed by atoms with van der Waals surface area (Å²) in [6.45, 7) is 7.06. The van der Waals surface area contributed by atoms with Crippen molar-refractivity contribution in [2.75, 3.05) is 13.2 Å². The molecule has 24 heavy (non-hydrogen) atoms. The van der Waals surface area contributed by atoms with Crippen LogP contribution in [-0.2, 0) is 11.2 Å². The Morgan fingerprint density at radius 1 is 1.12 bits per heavy atom. The molecule has 2 rings (SSSR count). The quantitative estimate of drug-likeness (QED) is 0.737. The molecule has 0 radical (unpaired) electrons. The van der Waals surface area contributed by atoms with Crippen molar-refractivity contribution in [1.82, 2.24) is 5.32 Å². The number of rotatable bonds is 8. The van der Waals surface area contributed by atoms with Crippen molar-refractivity contribution in [3.8, 4) is 5.75 Å². The summed E-state index contributed by atoms with van der Waals surface area (Å²) in [6, 6.07) is 16.4. The summed E-state index contributed by atoms with van der Waals surface area (Å²) in [6.07, 6.45) is 1.90. The molecule has 0 spiro atoms. The molecule has 1 N–H and O–H groups in total. The van der Waals surface area contributed by atoms with Crippen molar-refractivity contribution in [2.45, 2.75) is 39.5 Å². The van der Waals surface area contributed by atoms with Gasteiger partial charge in [-0.1, -0.05) is 61.9 Å². The minimum absolute atomic E-state index is 0.0637. The number of benzene rings is 2. The molecule has 0 aliphatic rings. The maximum atomic E-state index is 11.9. The van der Waals surface area contributed by atoms with Gasteiger partial charge in [0, 0.05) is 6.54 Å². The maximum Gasteiger partial charge on any atom is 0.257 e. The van der Waals surface area contributed by atoms with Gasteiger partial charge in [0.05, 0.1) is 0 Å². The molecule has 0 saturated carbocycles. The van der Waals surface area contributed by atoms with Gasteiger partial charge in [0.15, 0.2) is 6.61 Å². The summed E-state index contributed by atoms with van der Waals surface area (Å²) in [5.41, 5.74) is 3.71. The molecule has 1 amide bonds. The Bertz CT molecular complexity index is 664. The molecule has 2 aromatic rings. The number of aryl methyl sites for hydroxylation is 2. The van der Waals surface area contributed by atoms with E-state index in [1.165, 1.54) is 11.1 Å². The molecule has 0 saturated heterocycles. The summed E-state index contributed by atoms with van der Waals surface area (Å²) in [5, 5.41) is 2.92. The highest BCUT2D eigenvalue weighted by Gasteiger charge is 2.08. The van der Waals surface area contributed by atoms with Crippen LogP contribution < -0.4 is 10.1 Å². The number of hydrogen-bond acceptors (Lipinski definition) is 2. The van der Waals surface area contributed by atoms with Crippen molar-refractivity contribution in [3.63, 3.8) is 0 Å². The van der Waals surface area contributed by atoms with E-state index in [0.29, 0.717) is 12.5 Å². The van der Waals surface area contributed by atoms with Crippen molar-refractivity contribution >= 4 is 5.91 Å². The fourth-order valence-corrected chi connectivity index (χ4v) is 2.67. The molecular weight excluding hydrogens is 298 g/mol. The number of hydrogen-bond donors (Lipinski definition) is 1. The SMILES string of the molecule is Cc1cccc(CCCNC(=O)COc2ccccc2C(C)C)c1. The van der Waals surface area contributed by atoms with Gasteiger partial charge in [-0.3, -0.25) is 4.79 Å². The Hall–Kier alpha value is -2.29. The fraction of sp³-hybridized carbons (Fsp3) is 0.381. The summed E-state index contributed by atoms with van der Waals surface area (Å²) in [4.78, 5) is 11.9. The number of para-hydroxylation sites is 1. The van der Waals surface area contributed by atoms with Gasteiger partial charge in [0.2, 0.25) is 0 Å². The molecule has 0 aliphatic heterocycles. The van der Waals surface area contributed by atoms with Gasteiger partial charge in [-0.25, -0.2) is 0 Å². The lowest BCUT2D eigenvalue weighted by Gasteiger charge is -2.13. The summed E-state index contributed by atoms with van der Waals surface area (Å²) in [7, 11) is 0. The number of amides is 1. The molecular formula is C21H27NO2. The van der Waals surface area contributed by atoms with Crippen molar-refractivity contribution in [1.29, 1.82) is 0 Å². The molecule has 0 unspecified atom stereocenters. The zero-order valence-corrected chi connectivity index (χ0v) is 14.8. The zero-order valence-electron chi connectivity index (χ0n) is 14.8. The van der Waals surface area contributed by atoms with Gasteiger partial charge in [0.25, 0.3) is 5.91 Å².